The summed E-state index contributed by atoms with van der Waals surface area (Å²) in [6, 6.07) is 3.97. The number of likely N-dealkylation sites (tertiary alicyclic amines) is 1. The summed E-state index contributed by atoms with van der Waals surface area (Å²) in [7, 11) is 0. The summed E-state index contributed by atoms with van der Waals surface area (Å²) < 4.78 is 13.2. The van der Waals surface area contributed by atoms with Crippen LogP contribution < -0.4 is 0 Å². The molecule has 1 aromatic carbocycles. The van der Waals surface area contributed by atoms with Crippen LogP contribution in [0.3, 0.4) is 0 Å². The molecule has 0 aliphatic carbocycles. The van der Waals surface area contributed by atoms with Crippen molar-refractivity contribution in [1.82, 2.24) is 4.90 Å². The summed E-state index contributed by atoms with van der Waals surface area (Å²) in [5.74, 6) is -0.464. The fourth-order valence-electron chi connectivity index (χ4n) is 2.87. The number of carbonyl (C=O) groups is 1. The van der Waals surface area contributed by atoms with Crippen molar-refractivity contribution in [3.8, 4) is 0 Å². The molecule has 0 aromatic heterocycles. The van der Waals surface area contributed by atoms with Crippen molar-refractivity contribution in [2.75, 3.05) is 13.2 Å². The van der Waals surface area contributed by atoms with Crippen LogP contribution in [-0.2, 0) is 0 Å². The first-order valence-electron chi connectivity index (χ1n) is 6.41. The number of aryl methyl sites for hydroxylation is 1. The summed E-state index contributed by atoms with van der Waals surface area (Å²) in [5.41, 5.74) is 1.50. The van der Waals surface area contributed by atoms with Gasteiger partial charge in [0, 0.05) is 19.1 Å². The molecule has 1 amide bonds. The maximum Gasteiger partial charge on any atom is 0.407 e. The number of benzene rings is 1. The Bertz CT molecular complexity index is 478. The van der Waals surface area contributed by atoms with E-state index in [0.717, 1.165) is 24.0 Å². The Morgan fingerprint density at radius 3 is 2.84 bits per heavy atom. The monoisotopic (exact) mass is 267 g/mol. The van der Waals surface area contributed by atoms with Crippen molar-refractivity contribution in [3.05, 3.63) is 35.1 Å². The predicted molar refractivity (Wildman–Crippen MR) is 68.4 cm³/mol. The van der Waals surface area contributed by atoms with E-state index in [4.69, 9.17) is 0 Å². The first-order chi connectivity index (χ1) is 9.04. The highest BCUT2D eigenvalue weighted by Crippen LogP contribution is 2.37. The Labute approximate surface area is 111 Å². The van der Waals surface area contributed by atoms with Crippen molar-refractivity contribution >= 4 is 6.09 Å². The topological polar surface area (TPSA) is 60.8 Å². The fourth-order valence-corrected chi connectivity index (χ4v) is 2.87. The van der Waals surface area contributed by atoms with Gasteiger partial charge < -0.3 is 15.1 Å². The molecule has 0 spiro atoms. The van der Waals surface area contributed by atoms with Gasteiger partial charge in [0.15, 0.2) is 0 Å². The van der Waals surface area contributed by atoms with Gasteiger partial charge in [-0.15, -0.1) is 0 Å². The number of piperidine rings is 1. The molecule has 4 nitrogen and oxygen atoms in total. The van der Waals surface area contributed by atoms with E-state index in [2.05, 4.69) is 0 Å². The third-order valence-electron chi connectivity index (χ3n) is 3.79. The molecule has 0 bridgehead atoms. The number of rotatable bonds is 2. The largest absolute Gasteiger partial charge is 0.465 e. The molecule has 1 fully saturated rings. The fraction of sp³-hybridized carbons (Fsp3) is 0.500. The van der Waals surface area contributed by atoms with Crippen LogP contribution in [0.15, 0.2) is 18.2 Å². The molecule has 104 valence electrons. The van der Waals surface area contributed by atoms with Crippen molar-refractivity contribution in [2.24, 2.45) is 5.92 Å². The number of nitrogens with zero attached hydrogens (tertiary/aromatic N) is 1. The van der Waals surface area contributed by atoms with Gasteiger partial charge in [-0.3, -0.25) is 0 Å². The minimum absolute atomic E-state index is 0.0642. The average molecular weight is 267 g/mol. The number of hydrogen-bond acceptors (Lipinski definition) is 2. The first-order valence-corrected chi connectivity index (χ1v) is 6.41. The van der Waals surface area contributed by atoms with Crippen LogP contribution in [0, 0.1) is 18.7 Å². The highest BCUT2D eigenvalue weighted by Gasteiger charge is 2.35. The molecule has 19 heavy (non-hydrogen) atoms. The molecule has 1 heterocycles. The maximum absolute atomic E-state index is 13.2. The van der Waals surface area contributed by atoms with Crippen molar-refractivity contribution in [2.45, 2.75) is 25.8 Å². The summed E-state index contributed by atoms with van der Waals surface area (Å²) >= 11 is 0. The van der Waals surface area contributed by atoms with Gasteiger partial charge in [-0.25, -0.2) is 9.18 Å². The Kier molecular flexibility index (Phi) is 4.04. The molecule has 2 atom stereocenters. The molecule has 1 aliphatic heterocycles. The molecule has 0 radical (unpaired) electrons. The molecule has 2 N–H and O–H groups in total. The molecular weight excluding hydrogens is 249 g/mol. The third kappa shape index (κ3) is 2.71. The third-order valence-corrected chi connectivity index (χ3v) is 3.79. The van der Waals surface area contributed by atoms with Crippen molar-refractivity contribution < 1.29 is 19.4 Å². The van der Waals surface area contributed by atoms with Gasteiger partial charge in [0.1, 0.15) is 5.82 Å². The first kappa shape index (κ1) is 13.8. The predicted octanol–water partition coefficient (Wildman–Crippen LogP) is 2.56. The second-order valence-corrected chi connectivity index (χ2v) is 5.01. The molecule has 1 aromatic rings. The highest BCUT2D eigenvalue weighted by molar-refractivity contribution is 5.66. The zero-order valence-corrected chi connectivity index (χ0v) is 10.8. The maximum atomic E-state index is 13.2. The number of aliphatic hydroxyl groups is 1. The number of hydrogen-bond donors (Lipinski definition) is 2. The van der Waals surface area contributed by atoms with Crippen molar-refractivity contribution in [3.63, 3.8) is 0 Å². The standard InChI is InChI=1S/C14H18FNO3/c1-9-7-11(15)4-5-12(9)13-10(8-17)3-2-6-16(13)14(18)19/h4-5,7,10,13,17H,2-3,6,8H2,1H3,(H,18,19)/t10-,13+/m0/s1. The SMILES string of the molecule is Cc1cc(F)ccc1[C@H]1[C@H](CO)CCCN1C(=O)O. The van der Waals surface area contributed by atoms with Gasteiger partial charge in [0.05, 0.1) is 6.04 Å². The molecular formula is C14H18FNO3. The van der Waals surface area contributed by atoms with E-state index in [-0.39, 0.29) is 18.3 Å². The molecule has 1 aliphatic rings. The smallest absolute Gasteiger partial charge is 0.407 e. The second-order valence-electron chi connectivity index (χ2n) is 5.01. The van der Waals surface area contributed by atoms with E-state index in [0.29, 0.717) is 6.54 Å². The lowest BCUT2D eigenvalue weighted by molar-refractivity contribution is 0.0533. The van der Waals surface area contributed by atoms with E-state index in [1.807, 2.05) is 0 Å². The molecule has 0 unspecified atom stereocenters. The van der Waals surface area contributed by atoms with Gasteiger partial charge in [-0.05, 0) is 43.0 Å². The number of aliphatic hydroxyl groups excluding tert-OH is 1. The van der Waals surface area contributed by atoms with Gasteiger partial charge in [-0.2, -0.15) is 0 Å². The minimum Gasteiger partial charge on any atom is -0.465 e. The second kappa shape index (κ2) is 5.57. The molecule has 5 heteroatoms. The lowest BCUT2D eigenvalue weighted by atomic mass is 9.83. The van der Waals surface area contributed by atoms with Gasteiger partial charge in [0.25, 0.3) is 0 Å². The Morgan fingerprint density at radius 2 is 2.26 bits per heavy atom. The van der Waals surface area contributed by atoms with E-state index >= 15 is 0 Å². The lowest BCUT2D eigenvalue weighted by Gasteiger charge is -2.40. The summed E-state index contributed by atoms with van der Waals surface area (Å²) in [6.07, 6.45) is 0.530. The quantitative estimate of drug-likeness (QED) is 0.865. The van der Waals surface area contributed by atoms with Crippen LogP contribution in [0.25, 0.3) is 0 Å². The molecule has 1 saturated heterocycles. The van der Waals surface area contributed by atoms with E-state index < -0.39 is 12.1 Å². The Morgan fingerprint density at radius 1 is 1.53 bits per heavy atom. The number of carboxylic acid groups (broad SMARTS) is 1. The summed E-state index contributed by atoms with van der Waals surface area (Å²) in [6.45, 7) is 2.15. The van der Waals surface area contributed by atoms with Crippen LogP contribution in [0.2, 0.25) is 0 Å². The zero-order chi connectivity index (χ0) is 14.0. The molecule has 0 saturated carbocycles. The van der Waals surface area contributed by atoms with Crippen LogP contribution in [0.5, 0.6) is 0 Å². The van der Waals surface area contributed by atoms with Crippen LogP contribution in [0.4, 0.5) is 9.18 Å². The van der Waals surface area contributed by atoms with E-state index in [1.54, 1.807) is 13.0 Å². The average Bonchev–Trinajstić information content (AvgIpc) is 2.38. The van der Waals surface area contributed by atoms with E-state index in [1.165, 1.54) is 17.0 Å². The number of amides is 1. The Balaban J connectivity index is 2.42. The summed E-state index contributed by atoms with van der Waals surface area (Å²) in [5, 5.41) is 18.8. The minimum atomic E-state index is -0.994. The summed E-state index contributed by atoms with van der Waals surface area (Å²) in [4.78, 5) is 12.7. The van der Waals surface area contributed by atoms with E-state index in [9.17, 15) is 19.4 Å². The normalized spacial score (nSPS) is 23.4. The molecule has 2 rings (SSSR count). The lowest BCUT2D eigenvalue weighted by Crippen LogP contribution is -2.43. The van der Waals surface area contributed by atoms with Gasteiger partial charge in [0.2, 0.25) is 0 Å². The van der Waals surface area contributed by atoms with Crippen molar-refractivity contribution in [1.29, 1.82) is 0 Å². The number of halogens is 1. The zero-order valence-electron chi connectivity index (χ0n) is 10.8. The van der Waals surface area contributed by atoms with Gasteiger partial charge >= 0.3 is 6.09 Å². The highest BCUT2D eigenvalue weighted by atomic mass is 19.1. The Hall–Kier alpha value is -1.62. The van der Waals surface area contributed by atoms with Crippen LogP contribution in [-0.4, -0.2) is 34.4 Å². The van der Waals surface area contributed by atoms with Crippen LogP contribution in [0.1, 0.15) is 30.0 Å². The van der Waals surface area contributed by atoms with Crippen LogP contribution >= 0.6 is 0 Å². The van der Waals surface area contributed by atoms with Gasteiger partial charge in [-0.1, -0.05) is 6.07 Å².